The summed E-state index contributed by atoms with van der Waals surface area (Å²) in [5.74, 6) is 0.563. The molecule has 0 aliphatic carbocycles. The third-order valence-electron chi connectivity index (χ3n) is 2.44. The molecule has 1 heterocycles. The summed E-state index contributed by atoms with van der Waals surface area (Å²) in [6.07, 6.45) is 1.78. The van der Waals surface area contributed by atoms with Crippen LogP contribution in [0, 0.1) is 0 Å². The Morgan fingerprint density at radius 2 is 2.06 bits per heavy atom. The molecule has 0 N–H and O–H groups in total. The van der Waals surface area contributed by atoms with Crippen LogP contribution in [0.2, 0.25) is 0 Å². The molecule has 1 aromatic heterocycles. The second-order valence-electron chi connectivity index (χ2n) is 5.42. The number of aromatic nitrogens is 2. The van der Waals surface area contributed by atoms with Crippen LogP contribution in [-0.2, 0) is 10.2 Å². The number of imidazole rings is 1. The highest BCUT2D eigenvalue weighted by Gasteiger charge is 2.25. The lowest BCUT2D eigenvalue weighted by molar-refractivity contribution is 0.0519. The standard InChI is InChI=1S/C13H22N2O2/c1-7-17-11(16)10-8-15(9(2)3)12(14-10)13(4,5)6/h8-9H,7H2,1-6H3. The largest absolute Gasteiger partial charge is 0.461 e. The van der Waals surface area contributed by atoms with E-state index in [1.165, 1.54) is 0 Å². The molecule has 0 bridgehead atoms. The Kier molecular flexibility index (Phi) is 3.96. The molecule has 0 saturated carbocycles. The lowest BCUT2D eigenvalue weighted by Crippen LogP contribution is -2.19. The summed E-state index contributed by atoms with van der Waals surface area (Å²) in [5, 5.41) is 0. The first kappa shape index (κ1) is 13.7. The molecule has 17 heavy (non-hydrogen) atoms. The topological polar surface area (TPSA) is 44.1 Å². The Morgan fingerprint density at radius 1 is 1.47 bits per heavy atom. The highest BCUT2D eigenvalue weighted by atomic mass is 16.5. The first-order valence-electron chi connectivity index (χ1n) is 6.03. The van der Waals surface area contributed by atoms with Crippen LogP contribution in [0.15, 0.2) is 6.20 Å². The minimum Gasteiger partial charge on any atom is -0.461 e. The zero-order valence-electron chi connectivity index (χ0n) is 11.6. The van der Waals surface area contributed by atoms with E-state index in [-0.39, 0.29) is 17.4 Å². The van der Waals surface area contributed by atoms with Crippen LogP contribution in [0.4, 0.5) is 0 Å². The van der Waals surface area contributed by atoms with Gasteiger partial charge in [-0.2, -0.15) is 0 Å². The van der Waals surface area contributed by atoms with E-state index < -0.39 is 0 Å². The zero-order chi connectivity index (χ0) is 13.2. The number of carbonyl (C=O) groups excluding carboxylic acids is 1. The number of ether oxygens (including phenoxy) is 1. The summed E-state index contributed by atoms with van der Waals surface area (Å²) >= 11 is 0. The number of esters is 1. The molecule has 1 aromatic rings. The van der Waals surface area contributed by atoms with E-state index in [1.807, 2.05) is 4.57 Å². The zero-order valence-corrected chi connectivity index (χ0v) is 11.6. The minimum atomic E-state index is -0.350. The molecule has 4 heteroatoms. The predicted octanol–water partition coefficient (Wildman–Crippen LogP) is 2.94. The molecular formula is C13H22N2O2. The third-order valence-corrected chi connectivity index (χ3v) is 2.44. The van der Waals surface area contributed by atoms with Gasteiger partial charge < -0.3 is 9.30 Å². The number of hydrogen-bond donors (Lipinski definition) is 0. The van der Waals surface area contributed by atoms with Crippen LogP contribution in [-0.4, -0.2) is 22.1 Å². The fourth-order valence-corrected chi connectivity index (χ4v) is 1.65. The monoisotopic (exact) mass is 238 g/mol. The second-order valence-corrected chi connectivity index (χ2v) is 5.42. The summed E-state index contributed by atoms with van der Waals surface area (Å²) in [4.78, 5) is 16.1. The molecule has 1 rings (SSSR count). The van der Waals surface area contributed by atoms with E-state index in [1.54, 1.807) is 13.1 Å². The summed E-state index contributed by atoms with van der Waals surface area (Å²) < 4.78 is 7.01. The van der Waals surface area contributed by atoms with Crippen molar-refractivity contribution in [2.24, 2.45) is 0 Å². The maximum absolute atomic E-state index is 11.7. The Labute approximate surface area is 103 Å². The molecule has 0 aliphatic rings. The molecular weight excluding hydrogens is 216 g/mol. The van der Waals surface area contributed by atoms with Gasteiger partial charge in [0.25, 0.3) is 0 Å². The van der Waals surface area contributed by atoms with Gasteiger partial charge in [-0.25, -0.2) is 9.78 Å². The molecule has 0 atom stereocenters. The molecule has 0 radical (unpaired) electrons. The maximum Gasteiger partial charge on any atom is 0.358 e. The van der Waals surface area contributed by atoms with E-state index in [0.717, 1.165) is 5.82 Å². The van der Waals surface area contributed by atoms with Crippen molar-refractivity contribution in [1.82, 2.24) is 9.55 Å². The van der Waals surface area contributed by atoms with Crippen LogP contribution >= 0.6 is 0 Å². The van der Waals surface area contributed by atoms with Gasteiger partial charge in [0.05, 0.1) is 6.61 Å². The minimum absolute atomic E-state index is 0.0883. The first-order valence-corrected chi connectivity index (χ1v) is 6.03. The molecule has 0 aliphatic heterocycles. The van der Waals surface area contributed by atoms with Gasteiger partial charge >= 0.3 is 5.97 Å². The summed E-state index contributed by atoms with van der Waals surface area (Å²) in [6.45, 7) is 12.6. The van der Waals surface area contributed by atoms with Crippen molar-refractivity contribution in [3.05, 3.63) is 17.7 Å². The summed E-state index contributed by atoms with van der Waals surface area (Å²) in [5.41, 5.74) is 0.306. The highest BCUT2D eigenvalue weighted by molar-refractivity contribution is 5.87. The fourth-order valence-electron chi connectivity index (χ4n) is 1.65. The van der Waals surface area contributed by atoms with E-state index in [9.17, 15) is 4.79 Å². The second kappa shape index (κ2) is 4.90. The molecule has 0 amide bonds. The van der Waals surface area contributed by atoms with Crippen molar-refractivity contribution >= 4 is 5.97 Å². The predicted molar refractivity (Wildman–Crippen MR) is 67.3 cm³/mol. The van der Waals surface area contributed by atoms with Crippen molar-refractivity contribution in [3.8, 4) is 0 Å². The molecule has 0 saturated heterocycles. The lowest BCUT2D eigenvalue weighted by Gasteiger charge is -2.21. The highest BCUT2D eigenvalue weighted by Crippen LogP contribution is 2.24. The molecule has 0 fully saturated rings. The first-order chi connectivity index (χ1) is 7.77. The average Bonchev–Trinajstić information content (AvgIpc) is 2.61. The molecule has 96 valence electrons. The SMILES string of the molecule is CCOC(=O)c1cn(C(C)C)c(C(C)(C)C)n1. The van der Waals surface area contributed by atoms with Crippen LogP contribution in [0.5, 0.6) is 0 Å². The third kappa shape index (κ3) is 3.08. The van der Waals surface area contributed by atoms with Gasteiger partial charge in [0.1, 0.15) is 5.82 Å². The van der Waals surface area contributed by atoms with Gasteiger partial charge in [0.15, 0.2) is 5.69 Å². The Bertz CT molecular complexity index is 400. The Morgan fingerprint density at radius 3 is 2.41 bits per heavy atom. The van der Waals surface area contributed by atoms with Crippen LogP contribution in [0.25, 0.3) is 0 Å². The van der Waals surface area contributed by atoms with Crippen molar-refractivity contribution in [3.63, 3.8) is 0 Å². The quantitative estimate of drug-likeness (QED) is 0.760. The van der Waals surface area contributed by atoms with E-state index in [0.29, 0.717) is 12.3 Å². The molecule has 0 spiro atoms. The number of nitrogens with zero attached hydrogens (tertiary/aromatic N) is 2. The van der Waals surface area contributed by atoms with E-state index in [4.69, 9.17) is 4.74 Å². The summed E-state index contributed by atoms with van der Waals surface area (Å²) in [6, 6.07) is 0.278. The van der Waals surface area contributed by atoms with Crippen LogP contribution in [0.3, 0.4) is 0 Å². The number of carbonyl (C=O) groups is 1. The lowest BCUT2D eigenvalue weighted by atomic mass is 9.95. The van der Waals surface area contributed by atoms with Crippen molar-refractivity contribution in [2.75, 3.05) is 6.61 Å². The van der Waals surface area contributed by atoms with Gasteiger partial charge in [-0.15, -0.1) is 0 Å². The van der Waals surface area contributed by atoms with Crippen LogP contribution < -0.4 is 0 Å². The Balaban J connectivity index is 3.17. The van der Waals surface area contributed by atoms with Crippen LogP contribution in [0.1, 0.15) is 63.9 Å². The smallest absolute Gasteiger partial charge is 0.358 e. The maximum atomic E-state index is 11.7. The van der Waals surface area contributed by atoms with Crippen molar-refractivity contribution in [2.45, 2.75) is 53.0 Å². The van der Waals surface area contributed by atoms with Gasteiger partial charge in [-0.3, -0.25) is 0 Å². The molecule has 0 unspecified atom stereocenters. The van der Waals surface area contributed by atoms with Crippen molar-refractivity contribution < 1.29 is 9.53 Å². The number of hydrogen-bond acceptors (Lipinski definition) is 3. The van der Waals surface area contributed by atoms with E-state index >= 15 is 0 Å². The van der Waals surface area contributed by atoms with E-state index in [2.05, 4.69) is 39.6 Å². The van der Waals surface area contributed by atoms with Gasteiger partial charge in [0, 0.05) is 17.7 Å². The average molecular weight is 238 g/mol. The molecule has 0 aromatic carbocycles. The molecule has 4 nitrogen and oxygen atoms in total. The normalized spacial score (nSPS) is 11.9. The summed E-state index contributed by atoms with van der Waals surface area (Å²) in [7, 11) is 0. The van der Waals surface area contributed by atoms with Gasteiger partial charge in [0.2, 0.25) is 0 Å². The number of rotatable bonds is 3. The van der Waals surface area contributed by atoms with Gasteiger partial charge in [-0.1, -0.05) is 20.8 Å². The van der Waals surface area contributed by atoms with Gasteiger partial charge in [-0.05, 0) is 20.8 Å². The van der Waals surface area contributed by atoms with Crippen molar-refractivity contribution in [1.29, 1.82) is 0 Å². The Hall–Kier alpha value is -1.32. The fraction of sp³-hybridized carbons (Fsp3) is 0.692.